The van der Waals surface area contributed by atoms with Crippen molar-refractivity contribution in [1.29, 1.82) is 0 Å². The van der Waals surface area contributed by atoms with Gasteiger partial charge < -0.3 is 26.0 Å². The lowest BCUT2D eigenvalue weighted by Crippen LogP contribution is -2.53. The third-order valence-corrected chi connectivity index (χ3v) is 5.57. The van der Waals surface area contributed by atoms with Gasteiger partial charge >= 0.3 is 6.09 Å². The normalized spacial score (nSPS) is 12.6. The first-order valence-corrected chi connectivity index (χ1v) is 12.5. The number of nitrogens with zero attached hydrogens (tertiary/aromatic N) is 1. The summed E-state index contributed by atoms with van der Waals surface area (Å²) >= 11 is 0. The second kappa shape index (κ2) is 13.4. The second-order valence-electron chi connectivity index (χ2n) is 9.98. The van der Waals surface area contributed by atoms with Crippen molar-refractivity contribution >= 4 is 35.6 Å². The fourth-order valence-corrected chi connectivity index (χ4v) is 3.90. The Kier molecular flexibility index (Phi) is 10.6. The fourth-order valence-electron chi connectivity index (χ4n) is 3.90. The molecule has 0 fully saturated rings. The highest BCUT2D eigenvalue weighted by atomic mass is 16.6. The van der Waals surface area contributed by atoms with E-state index in [1.54, 1.807) is 57.2 Å². The molecule has 0 aliphatic carbocycles. The summed E-state index contributed by atoms with van der Waals surface area (Å²) < 4.78 is 5.29. The Morgan fingerprint density at radius 1 is 1.11 bits per heavy atom. The molecule has 0 aromatic heterocycles. The molecule has 4 N–H and O–H groups in total. The minimum atomic E-state index is -1.33. The van der Waals surface area contributed by atoms with Gasteiger partial charge in [0.25, 0.3) is 5.91 Å². The van der Waals surface area contributed by atoms with Crippen LogP contribution in [-0.4, -0.2) is 46.9 Å². The predicted molar refractivity (Wildman–Crippen MR) is 148 cm³/mol. The fraction of sp³-hybridized carbons (Fsp3) is 0.379. The van der Waals surface area contributed by atoms with Gasteiger partial charge in [-0.15, -0.1) is 0 Å². The number of nitrogens with one attached hydrogen (secondary N) is 2. The van der Waals surface area contributed by atoms with E-state index in [0.717, 1.165) is 11.1 Å². The minimum absolute atomic E-state index is 0.175. The molecule has 0 saturated carbocycles. The summed E-state index contributed by atoms with van der Waals surface area (Å²) in [6, 6.07) is 12.0. The van der Waals surface area contributed by atoms with E-state index in [4.69, 9.17) is 10.5 Å². The lowest BCUT2D eigenvalue weighted by Gasteiger charge is -2.34. The molecule has 0 aliphatic rings. The van der Waals surface area contributed by atoms with Crippen molar-refractivity contribution in [3.63, 3.8) is 0 Å². The second-order valence-corrected chi connectivity index (χ2v) is 9.98. The summed E-state index contributed by atoms with van der Waals surface area (Å²) in [5, 5.41) is 5.40. The Morgan fingerprint density at radius 3 is 2.37 bits per heavy atom. The number of hydrogen-bond acceptors (Lipinski definition) is 5. The molecule has 9 heteroatoms. The summed E-state index contributed by atoms with van der Waals surface area (Å²) in [6.07, 6.45) is 0.822. The number of carbonyl (C=O) groups is 4. The summed E-state index contributed by atoms with van der Waals surface area (Å²) in [6.45, 7) is 12.7. The standard InChI is InChI=1S/C29H38N4O5/c1-7-16-33(27(36)23(18-24(30)34)32-28(37)38-29(4,5)6)25(21-14-11-13-20(8-2)17-21)26(35)31-22-15-10-9-12-19(22)3/h8-15,17,23,25H,2,7,16,18H2,1,3-6H3,(H2,30,34)(H,31,35)(H,32,37). The van der Waals surface area contributed by atoms with Gasteiger partial charge in [0.1, 0.15) is 17.7 Å². The van der Waals surface area contributed by atoms with E-state index < -0.39 is 47.9 Å². The van der Waals surface area contributed by atoms with Gasteiger partial charge in [-0.1, -0.05) is 56.0 Å². The van der Waals surface area contributed by atoms with Gasteiger partial charge in [-0.25, -0.2) is 4.79 Å². The van der Waals surface area contributed by atoms with Crippen LogP contribution in [0.2, 0.25) is 0 Å². The molecule has 2 atom stereocenters. The summed E-state index contributed by atoms with van der Waals surface area (Å²) in [4.78, 5) is 53.5. The van der Waals surface area contributed by atoms with E-state index >= 15 is 0 Å². The number of primary amides is 1. The number of nitrogens with two attached hydrogens (primary N) is 1. The summed E-state index contributed by atoms with van der Waals surface area (Å²) in [5.41, 5.74) is 7.36. The molecule has 2 aromatic carbocycles. The zero-order chi connectivity index (χ0) is 28.5. The van der Waals surface area contributed by atoms with Crippen molar-refractivity contribution in [2.75, 3.05) is 11.9 Å². The Bertz CT molecular complexity index is 1170. The molecule has 0 spiro atoms. The van der Waals surface area contributed by atoms with Gasteiger partial charge in [-0.05, 0) is 62.9 Å². The number of aryl methyl sites for hydroxylation is 1. The Labute approximate surface area is 224 Å². The Hall–Kier alpha value is -4.14. The molecule has 38 heavy (non-hydrogen) atoms. The van der Waals surface area contributed by atoms with Crippen molar-refractivity contribution in [1.82, 2.24) is 10.2 Å². The Balaban J connectivity index is 2.55. The topological polar surface area (TPSA) is 131 Å². The number of ether oxygens (including phenoxy) is 1. The maximum Gasteiger partial charge on any atom is 0.408 e. The molecule has 2 aromatic rings. The smallest absolute Gasteiger partial charge is 0.408 e. The summed E-state index contributed by atoms with van der Waals surface area (Å²) in [5.74, 6) is -1.87. The van der Waals surface area contributed by atoms with Crippen LogP contribution in [0.5, 0.6) is 0 Å². The highest BCUT2D eigenvalue weighted by molar-refractivity contribution is 6.00. The third-order valence-electron chi connectivity index (χ3n) is 5.57. The van der Waals surface area contributed by atoms with Crippen molar-refractivity contribution in [2.24, 2.45) is 5.73 Å². The van der Waals surface area contributed by atoms with E-state index in [9.17, 15) is 19.2 Å². The Morgan fingerprint density at radius 2 is 1.79 bits per heavy atom. The SMILES string of the molecule is C=Cc1cccc(C(C(=O)Nc2ccccc2C)N(CCC)C(=O)C(CC(N)=O)NC(=O)OC(C)(C)C)c1. The molecule has 0 radical (unpaired) electrons. The first kappa shape index (κ1) is 30.1. The molecule has 4 amide bonds. The van der Waals surface area contributed by atoms with E-state index in [-0.39, 0.29) is 6.54 Å². The largest absolute Gasteiger partial charge is 0.444 e. The zero-order valence-electron chi connectivity index (χ0n) is 22.7. The lowest BCUT2D eigenvalue weighted by atomic mass is 9.99. The van der Waals surface area contributed by atoms with Gasteiger partial charge in [0.15, 0.2) is 0 Å². The number of para-hydroxylation sites is 1. The van der Waals surface area contributed by atoms with Gasteiger partial charge in [0.2, 0.25) is 11.8 Å². The number of carbonyl (C=O) groups excluding carboxylic acids is 4. The van der Waals surface area contributed by atoms with Crippen LogP contribution in [0.25, 0.3) is 6.08 Å². The van der Waals surface area contributed by atoms with Gasteiger partial charge in [-0.3, -0.25) is 14.4 Å². The number of benzene rings is 2. The molecule has 0 aliphatic heterocycles. The zero-order valence-corrected chi connectivity index (χ0v) is 22.7. The van der Waals surface area contributed by atoms with Crippen LogP contribution in [0, 0.1) is 6.92 Å². The molecular weight excluding hydrogens is 484 g/mol. The quantitative estimate of drug-likeness (QED) is 0.404. The van der Waals surface area contributed by atoms with Gasteiger partial charge in [0, 0.05) is 12.2 Å². The van der Waals surface area contributed by atoms with E-state index in [2.05, 4.69) is 17.2 Å². The summed E-state index contributed by atoms with van der Waals surface area (Å²) in [7, 11) is 0. The van der Waals surface area contributed by atoms with Crippen LogP contribution in [-0.2, 0) is 19.1 Å². The van der Waals surface area contributed by atoms with E-state index in [1.165, 1.54) is 4.90 Å². The maximum absolute atomic E-state index is 13.9. The molecule has 0 heterocycles. The van der Waals surface area contributed by atoms with Crippen molar-refractivity contribution < 1.29 is 23.9 Å². The van der Waals surface area contributed by atoms with Crippen LogP contribution in [0.4, 0.5) is 10.5 Å². The number of hydrogen-bond donors (Lipinski definition) is 3. The number of rotatable bonds is 11. The van der Waals surface area contributed by atoms with E-state index in [1.807, 2.05) is 32.0 Å². The predicted octanol–water partition coefficient (Wildman–Crippen LogP) is 4.33. The van der Waals surface area contributed by atoms with Crippen molar-refractivity contribution in [3.8, 4) is 0 Å². The molecule has 0 saturated heterocycles. The van der Waals surface area contributed by atoms with E-state index in [0.29, 0.717) is 17.7 Å². The van der Waals surface area contributed by atoms with Gasteiger partial charge in [0.05, 0.1) is 6.42 Å². The number of alkyl carbamates (subject to hydrolysis) is 1. The van der Waals surface area contributed by atoms with Crippen molar-refractivity contribution in [2.45, 2.75) is 65.1 Å². The molecule has 0 bridgehead atoms. The van der Waals surface area contributed by atoms with Crippen LogP contribution in [0.3, 0.4) is 0 Å². The lowest BCUT2D eigenvalue weighted by molar-refractivity contribution is -0.141. The number of amides is 4. The maximum atomic E-state index is 13.9. The number of anilines is 1. The molecular formula is C29H38N4O5. The van der Waals surface area contributed by atoms with Crippen LogP contribution < -0.4 is 16.4 Å². The molecule has 2 rings (SSSR count). The van der Waals surface area contributed by atoms with Crippen LogP contribution in [0.1, 0.15) is 63.3 Å². The monoisotopic (exact) mass is 522 g/mol. The van der Waals surface area contributed by atoms with Crippen molar-refractivity contribution in [3.05, 3.63) is 71.8 Å². The third kappa shape index (κ3) is 8.76. The molecule has 2 unspecified atom stereocenters. The highest BCUT2D eigenvalue weighted by Crippen LogP contribution is 2.27. The average molecular weight is 523 g/mol. The van der Waals surface area contributed by atoms with Gasteiger partial charge in [-0.2, -0.15) is 0 Å². The average Bonchev–Trinajstić information content (AvgIpc) is 2.83. The molecule has 204 valence electrons. The first-order valence-electron chi connectivity index (χ1n) is 12.5. The van der Waals surface area contributed by atoms with Crippen LogP contribution >= 0.6 is 0 Å². The minimum Gasteiger partial charge on any atom is -0.444 e. The highest BCUT2D eigenvalue weighted by Gasteiger charge is 2.36. The molecule has 9 nitrogen and oxygen atoms in total. The first-order chi connectivity index (χ1) is 17.9. The van der Waals surface area contributed by atoms with Crippen LogP contribution in [0.15, 0.2) is 55.1 Å².